The number of halogens is 1. The van der Waals surface area contributed by atoms with Crippen molar-refractivity contribution < 1.29 is 33.3 Å². The van der Waals surface area contributed by atoms with Crippen LogP contribution in [0.3, 0.4) is 0 Å². The number of aromatic nitrogens is 2. The first kappa shape index (κ1) is 31.1. The first-order chi connectivity index (χ1) is 23.7. The Kier molecular flexibility index (Phi) is 8.28. The minimum absolute atomic E-state index is 0. The van der Waals surface area contributed by atoms with Gasteiger partial charge in [0.25, 0.3) is 0 Å². The Morgan fingerprint density at radius 3 is 2.02 bits per heavy atom. The van der Waals surface area contributed by atoms with E-state index < -0.39 is 0 Å². The standard InChI is InChI=1S/C32H21FNO2.C11H8N.Ir/c33-20-8-9-21-23-10-11-26-25(30(23)35-29(21)17-20)13-12-24-22-6-3-7-27(32(22)36-31(24)26)28-16-19(14-15-34-28)18-4-1-2-5-18;1-2-6-10(7-3-1)11-8-4-5-9-12-11;/h3,6,8-18H,1-2,4-5H2;1-6,8-9H;/q2*-1;. The average Bonchev–Trinajstić information content (AvgIpc) is 3.90. The van der Waals surface area contributed by atoms with E-state index in [9.17, 15) is 4.39 Å². The van der Waals surface area contributed by atoms with Crippen molar-refractivity contribution in [2.75, 3.05) is 0 Å². The molecule has 49 heavy (non-hydrogen) atoms. The van der Waals surface area contributed by atoms with Crippen molar-refractivity contribution in [2.45, 2.75) is 31.6 Å². The maximum Gasteiger partial charge on any atom is 0.143 e. The molecule has 4 nitrogen and oxygen atoms in total. The largest absolute Gasteiger partial charge is 0.500 e. The second-order valence-electron chi connectivity index (χ2n) is 12.4. The molecule has 4 aromatic heterocycles. The van der Waals surface area contributed by atoms with E-state index in [2.05, 4.69) is 53.5 Å². The fraction of sp³-hybridized carbons (Fsp3) is 0.116. The minimum atomic E-state index is -0.306. The van der Waals surface area contributed by atoms with Crippen molar-refractivity contribution in [3.05, 3.63) is 145 Å². The van der Waals surface area contributed by atoms with Gasteiger partial charge < -0.3 is 18.8 Å². The maximum absolute atomic E-state index is 13.8. The number of benzene rings is 5. The molecule has 1 aliphatic rings. The summed E-state index contributed by atoms with van der Waals surface area (Å²) in [6.45, 7) is 0. The molecule has 0 atom stereocenters. The van der Waals surface area contributed by atoms with Gasteiger partial charge in [-0.15, -0.1) is 54.1 Å². The molecule has 6 heteroatoms. The van der Waals surface area contributed by atoms with Gasteiger partial charge in [0, 0.05) is 65.5 Å². The molecule has 241 valence electrons. The molecule has 10 rings (SSSR count). The van der Waals surface area contributed by atoms with Crippen LogP contribution in [0, 0.1) is 17.9 Å². The van der Waals surface area contributed by atoms with Crippen molar-refractivity contribution in [3.63, 3.8) is 0 Å². The Bertz CT molecular complexity index is 2550. The normalized spacial score (nSPS) is 13.2. The zero-order valence-electron chi connectivity index (χ0n) is 26.4. The van der Waals surface area contributed by atoms with Gasteiger partial charge in [0.1, 0.15) is 22.6 Å². The van der Waals surface area contributed by atoms with Crippen LogP contribution < -0.4 is 0 Å². The van der Waals surface area contributed by atoms with E-state index in [1.54, 1.807) is 12.3 Å². The summed E-state index contributed by atoms with van der Waals surface area (Å²) in [6, 6.07) is 41.5. The molecule has 0 aliphatic heterocycles. The van der Waals surface area contributed by atoms with Gasteiger partial charge in [-0.1, -0.05) is 53.6 Å². The number of fused-ring (bicyclic) bond motifs is 9. The summed E-state index contributed by atoms with van der Waals surface area (Å²) in [5, 5.41) is 5.87. The number of rotatable bonds is 3. The smallest absolute Gasteiger partial charge is 0.143 e. The Balaban J connectivity index is 0.000000228. The van der Waals surface area contributed by atoms with E-state index in [1.165, 1.54) is 43.4 Å². The second-order valence-corrected chi connectivity index (χ2v) is 12.4. The van der Waals surface area contributed by atoms with Gasteiger partial charge in [-0.3, -0.25) is 0 Å². The molecule has 0 spiro atoms. The number of hydrogen-bond donors (Lipinski definition) is 0. The summed E-state index contributed by atoms with van der Waals surface area (Å²) in [5.74, 6) is 0.310. The van der Waals surface area contributed by atoms with Crippen LogP contribution >= 0.6 is 0 Å². The number of hydrogen-bond acceptors (Lipinski definition) is 4. The van der Waals surface area contributed by atoms with Gasteiger partial charge in [0.15, 0.2) is 0 Å². The van der Waals surface area contributed by atoms with E-state index >= 15 is 0 Å². The van der Waals surface area contributed by atoms with E-state index in [-0.39, 0.29) is 25.9 Å². The zero-order valence-corrected chi connectivity index (χ0v) is 28.8. The second kappa shape index (κ2) is 13.0. The third kappa shape index (κ3) is 5.61. The molecule has 0 N–H and O–H groups in total. The Morgan fingerprint density at radius 2 is 1.29 bits per heavy atom. The monoisotopic (exact) mass is 817 g/mol. The number of nitrogens with zero attached hydrogens (tertiary/aromatic N) is 2. The van der Waals surface area contributed by atoms with Crippen LogP contribution in [0.25, 0.3) is 77.2 Å². The van der Waals surface area contributed by atoms with Crippen molar-refractivity contribution in [2.24, 2.45) is 0 Å². The minimum Gasteiger partial charge on any atom is -0.500 e. The summed E-state index contributed by atoms with van der Waals surface area (Å²) in [5.41, 5.74) is 8.04. The van der Waals surface area contributed by atoms with Crippen molar-refractivity contribution in [3.8, 4) is 22.5 Å². The molecule has 9 aromatic rings. The van der Waals surface area contributed by atoms with Crippen LogP contribution in [0.1, 0.15) is 37.2 Å². The van der Waals surface area contributed by atoms with Crippen LogP contribution in [0.4, 0.5) is 4.39 Å². The molecular weight excluding hydrogens is 788 g/mol. The molecule has 4 heterocycles. The maximum atomic E-state index is 13.8. The molecule has 1 saturated carbocycles. The van der Waals surface area contributed by atoms with Gasteiger partial charge >= 0.3 is 0 Å². The summed E-state index contributed by atoms with van der Waals surface area (Å²) in [6.07, 6.45) is 8.79. The van der Waals surface area contributed by atoms with Crippen LogP contribution in [0.2, 0.25) is 0 Å². The molecule has 1 radical (unpaired) electrons. The SMILES string of the molecule is Fc1ccc2c(c1)oc1c2ccc2c1ccc1c3cc[c-]c(-c4cc(C5CCCC5)ccn4)c3oc12.[Ir].[c-]1ccccc1-c1ccccn1. The summed E-state index contributed by atoms with van der Waals surface area (Å²) < 4.78 is 26.5. The molecule has 5 aromatic carbocycles. The molecule has 0 unspecified atom stereocenters. The number of pyridine rings is 2. The van der Waals surface area contributed by atoms with E-state index in [0.717, 1.165) is 71.6 Å². The predicted molar refractivity (Wildman–Crippen MR) is 190 cm³/mol. The van der Waals surface area contributed by atoms with Gasteiger partial charge in [-0.2, -0.15) is 0 Å². The fourth-order valence-corrected chi connectivity index (χ4v) is 7.17. The quantitative estimate of drug-likeness (QED) is 0.167. The van der Waals surface area contributed by atoms with Crippen molar-refractivity contribution >= 4 is 54.6 Å². The van der Waals surface area contributed by atoms with Gasteiger partial charge in [0.2, 0.25) is 0 Å². The summed E-state index contributed by atoms with van der Waals surface area (Å²) >= 11 is 0. The predicted octanol–water partition coefficient (Wildman–Crippen LogP) is 11.8. The summed E-state index contributed by atoms with van der Waals surface area (Å²) in [4.78, 5) is 8.92. The fourth-order valence-electron chi connectivity index (χ4n) is 7.17. The molecule has 0 amide bonds. The van der Waals surface area contributed by atoms with E-state index in [0.29, 0.717) is 11.5 Å². The van der Waals surface area contributed by atoms with Crippen LogP contribution in [-0.2, 0) is 20.1 Å². The molecule has 1 fully saturated rings. The third-order valence-corrected chi connectivity index (χ3v) is 9.51. The van der Waals surface area contributed by atoms with Crippen LogP contribution in [0.5, 0.6) is 0 Å². The summed E-state index contributed by atoms with van der Waals surface area (Å²) in [7, 11) is 0. The Morgan fingerprint density at radius 1 is 0.592 bits per heavy atom. The van der Waals surface area contributed by atoms with E-state index in [1.807, 2.05) is 60.8 Å². The molecular formula is C43H29FIrN2O2-2. The first-order valence-electron chi connectivity index (χ1n) is 16.4. The molecule has 0 saturated heterocycles. The molecule has 0 bridgehead atoms. The van der Waals surface area contributed by atoms with Crippen molar-refractivity contribution in [1.82, 2.24) is 9.97 Å². The van der Waals surface area contributed by atoms with Gasteiger partial charge in [0.05, 0.1) is 5.58 Å². The van der Waals surface area contributed by atoms with Crippen LogP contribution in [0.15, 0.2) is 130 Å². The van der Waals surface area contributed by atoms with E-state index in [4.69, 9.17) is 13.8 Å². The third-order valence-electron chi connectivity index (χ3n) is 9.51. The van der Waals surface area contributed by atoms with Gasteiger partial charge in [-0.05, 0) is 72.6 Å². The molecule has 1 aliphatic carbocycles. The van der Waals surface area contributed by atoms with Crippen molar-refractivity contribution in [1.29, 1.82) is 0 Å². The first-order valence-corrected chi connectivity index (χ1v) is 16.4. The van der Waals surface area contributed by atoms with Crippen LogP contribution in [-0.4, -0.2) is 9.97 Å². The Hall–Kier alpha value is -5.16. The zero-order chi connectivity index (χ0) is 32.0. The Labute approximate surface area is 296 Å². The topological polar surface area (TPSA) is 52.1 Å². The van der Waals surface area contributed by atoms with Gasteiger partial charge in [-0.25, -0.2) is 4.39 Å². The average molecular weight is 817 g/mol. The number of furan rings is 2.